The van der Waals surface area contributed by atoms with Gasteiger partial charge in [-0.2, -0.15) is 13.2 Å². The molecular weight excluding hydrogens is 283 g/mol. The third-order valence-electron chi connectivity index (χ3n) is 2.54. The second kappa shape index (κ2) is 6.18. The van der Waals surface area contributed by atoms with Gasteiger partial charge in [0.25, 0.3) is 5.91 Å². The summed E-state index contributed by atoms with van der Waals surface area (Å²) < 4.78 is 42.3. The van der Waals surface area contributed by atoms with Crippen LogP contribution in [0.1, 0.15) is 21.5 Å². The van der Waals surface area contributed by atoms with Gasteiger partial charge in [0.1, 0.15) is 6.26 Å². The lowest BCUT2D eigenvalue weighted by molar-refractivity contribution is -0.137. The van der Waals surface area contributed by atoms with Crippen molar-refractivity contribution in [1.29, 1.82) is 0 Å². The number of rotatable bonds is 2. The molecule has 1 heterocycles. The smallest absolute Gasteiger partial charge is 0.416 e. The van der Waals surface area contributed by atoms with Crippen LogP contribution in [0.25, 0.3) is 0 Å². The van der Waals surface area contributed by atoms with E-state index < -0.39 is 11.7 Å². The molecule has 3 nitrogen and oxygen atoms in total. The third kappa shape index (κ3) is 4.14. The van der Waals surface area contributed by atoms with Crippen molar-refractivity contribution in [3.05, 3.63) is 59.5 Å². The van der Waals surface area contributed by atoms with E-state index in [1.807, 2.05) is 0 Å². The lowest BCUT2D eigenvalue weighted by Gasteiger charge is -2.05. The van der Waals surface area contributed by atoms with Gasteiger partial charge in [-0.1, -0.05) is 17.9 Å². The number of nitrogens with one attached hydrogen (secondary N) is 1. The summed E-state index contributed by atoms with van der Waals surface area (Å²) >= 11 is 0. The molecule has 1 aromatic heterocycles. The predicted octanol–water partition coefficient (Wildman–Crippen LogP) is 3.08. The highest BCUT2D eigenvalue weighted by Crippen LogP contribution is 2.29. The summed E-state index contributed by atoms with van der Waals surface area (Å²) in [7, 11) is 0. The van der Waals surface area contributed by atoms with Gasteiger partial charge in [-0.05, 0) is 24.3 Å². The number of alkyl halides is 3. The van der Waals surface area contributed by atoms with E-state index in [1.165, 1.54) is 30.7 Å². The number of hydrogen-bond acceptors (Lipinski definition) is 2. The van der Waals surface area contributed by atoms with Crippen molar-refractivity contribution in [3.8, 4) is 11.8 Å². The number of amides is 1. The minimum atomic E-state index is -4.40. The molecule has 0 aliphatic rings. The molecule has 1 aromatic carbocycles. The lowest BCUT2D eigenvalue weighted by atomic mass is 10.1. The number of hydrogen-bond donors (Lipinski definition) is 1. The summed E-state index contributed by atoms with van der Waals surface area (Å²) in [5.41, 5.74) is -0.157. The van der Waals surface area contributed by atoms with Crippen LogP contribution in [0.5, 0.6) is 0 Å². The Morgan fingerprint density at radius 3 is 2.76 bits per heavy atom. The fourth-order valence-corrected chi connectivity index (χ4v) is 1.54. The van der Waals surface area contributed by atoms with Gasteiger partial charge in [0, 0.05) is 5.56 Å². The van der Waals surface area contributed by atoms with Crippen LogP contribution in [-0.2, 0) is 6.18 Å². The number of carbonyl (C=O) groups excluding carboxylic acids is 1. The van der Waals surface area contributed by atoms with Crippen LogP contribution in [0.15, 0.2) is 47.3 Å². The maximum absolute atomic E-state index is 12.5. The van der Waals surface area contributed by atoms with Crippen molar-refractivity contribution in [2.24, 2.45) is 0 Å². The predicted molar refractivity (Wildman–Crippen MR) is 69.4 cm³/mol. The molecule has 0 saturated carbocycles. The van der Waals surface area contributed by atoms with Gasteiger partial charge in [-0.3, -0.25) is 4.79 Å². The largest absolute Gasteiger partial charge is 0.472 e. The molecule has 2 rings (SSSR count). The second-order valence-electron chi connectivity index (χ2n) is 4.08. The summed E-state index contributed by atoms with van der Waals surface area (Å²) in [6, 6.07) is 6.20. The van der Waals surface area contributed by atoms with Crippen molar-refractivity contribution in [1.82, 2.24) is 5.32 Å². The van der Waals surface area contributed by atoms with Crippen molar-refractivity contribution >= 4 is 5.91 Å². The molecule has 0 atom stereocenters. The van der Waals surface area contributed by atoms with Gasteiger partial charge in [-0.15, -0.1) is 0 Å². The van der Waals surface area contributed by atoms with Gasteiger partial charge in [0.05, 0.1) is 23.9 Å². The molecule has 1 amide bonds. The van der Waals surface area contributed by atoms with Crippen LogP contribution < -0.4 is 5.32 Å². The topological polar surface area (TPSA) is 42.2 Å². The molecule has 1 N–H and O–H groups in total. The van der Waals surface area contributed by atoms with Crippen molar-refractivity contribution in [3.63, 3.8) is 0 Å². The fraction of sp³-hybridized carbons (Fsp3) is 0.133. The second-order valence-corrected chi connectivity index (χ2v) is 4.08. The van der Waals surface area contributed by atoms with Gasteiger partial charge >= 0.3 is 6.18 Å². The Morgan fingerprint density at radius 2 is 2.10 bits per heavy atom. The average molecular weight is 293 g/mol. The molecule has 0 unspecified atom stereocenters. The van der Waals surface area contributed by atoms with E-state index >= 15 is 0 Å². The first-order chi connectivity index (χ1) is 9.97. The highest BCUT2D eigenvalue weighted by molar-refractivity contribution is 5.93. The van der Waals surface area contributed by atoms with Crippen LogP contribution in [0.3, 0.4) is 0 Å². The maximum atomic E-state index is 12.5. The molecule has 0 fully saturated rings. The van der Waals surface area contributed by atoms with E-state index in [2.05, 4.69) is 17.2 Å². The minimum Gasteiger partial charge on any atom is -0.472 e. The van der Waals surface area contributed by atoms with Crippen LogP contribution in [0.2, 0.25) is 0 Å². The van der Waals surface area contributed by atoms with Gasteiger partial charge < -0.3 is 9.73 Å². The number of furan rings is 1. The van der Waals surface area contributed by atoms with Crippen LogP contribution in [0, 0.1) is 11.8 Å². The number of halogens is 3. The zero-order valence-electron chi connectivity index (χ0n) is 10.7. The van der Waals surface area contributed by atoms with E-state index in [0.717, 1.165) is 12.1 Å². The summed E-state index contributed by atoms with van der Waals surface area (Å²) in [5.74, 6) is 4.80. The lowest BCUT2D eigenvalue weighted by Crippen LogP contribution is -2.22. The summed E-state index contributed by atoms with van der Waals surface area (Å²) in [5, 5.41) is 2.51. The van der Waals surface area contributed by atoms with Crippen LogP contribution in [0.4, 0.5) is 13.2 Å². The number of carbonyl (C=O) groups is 1. The maximum Gasteiger partial charge on any atom is 0.416 e. The monoisotopic (exact) mass is 293 g/mol. The molecule has 0 bridgehead atoms. The zero-order chi connectivity index (χ0) is 15.3. The van der Waals surface area contributed by atoms with Crippen molar-refractivity contribution in [2.45, 2.75) is 6.18 Å². The molecule has 0 radical (unpaired) electrons. The Morgan fingerprint density at radius 1 is 1.29 bits per heavy atom. The van der Waals surface area contributed by atoms with E-state index in [-0.39, 0.29) is 18.0 Å². The Labute approximate surface area is 118 Å². The summed E-state index contributed by atoms with van der Waals surface area (Å²) in [6.07, 6.45) is -1.74. The van der Waals surface area contributed by atoms with E-state index in [9.17, 15) is 18.0 Å². The number of benzene rings is 1. The molecule has 0 aliphatic heterocycles. The standard InChI is InChI=1S/C15H10F3NO2/c16-15(17,18)13-5-1-3-11(9-13)4-2-7-19-14(20)12-6-8-21-10-12/h1,3,5-6,8-10H,7H2,(H,19,20). The molecule has 2 aromatic rings. The zero-order valence-corrected chi connectivity index (χ0v) is 10.7. The first-order valence-electron chi connectivity index (χ1n) is 5.93. The molecule has 0 aliphatic carbocycles. The molecule has 108 valence electrons. The molecule has 21 heavy (non-hydrogen) atoms. The quantitative estimate of drug-likeness (QED) is 0.865. The summed E-state index contributed by atoms with van der Waals surface area (Å²) in [4.78, 5) is 11.5. The molecular formula is C15H10F3NO2. The van der Waals surface area contributed by atoms with E-state index in [1.54, 1.807) is 0 Å². The van der Waals surface area contributed by atoms with E-state index in [4.69, 9.17) is 4.42 Å². The third-order valence-corrected chi connectivity index (χ3v) is 2.54. The Balaban J connectivity index is 1.96. The van der Waals surface area contributed by atoms with Gasteiger partial charge in [0.15, 0.2) is 0 Å². The Kier molecular flexibility index (Phi) is 4.33. The van der Waals surface area contributed by atoms with Crippen LogP contribution in [-0.4, -0.2) is 12.5 Å². The first-order valence-corrected chi connectivity index (χ1v) is 5.93. The molecule has 6 heteroatoms. The normalized spacial score (nSPS) is 10.6. The van der Waals surface area contributed by atoms with Crippen molar-refractivity contribution in [2.75, 3.05) is 6.54 Å². The van der Waals surface area contributed by atoms with Gasteiger partial charge in [-0.25, -0.2) is 0 Å². The highest BCUT2D eigenvalue weighted by Gasteiger charge is 2.30. The fourth-order valence-electron chi connectivity index (χ4n) is 1.54. The summed E-state index contributed by atoms with van der Waals surface area (Å²) in [6.45, 7) is 0.0280. The Hall–Kier alpha value is -2.68. The van der Waals surface area contributed by atoms with Crippen molar-refractivity contribution < 1.29 is 22.4 Å². The van der Waals surface area contributed by atoms with Gasteiger partial charge in [0.2, 0.25) is 0 Å². The SMILES string of the molecule is O=C(NCC#Cc1cccc(C(F)(F)F)c1)c1ccoc1. The van der Waals surface area contributed by atoms with E-state index in [0.29, 0.717) is 5.56 Å². The van der Waals surface area contributed by atoms with Crippen LogP contribution >= 0.6 is 0 Å². The Bertz CT molecular complexity index is 679. The highest BCUT2D eigenvalue weighted by atomic mass is 19.4. The molecule has 0 saturated heterocycles. The molecule has 0 spiro atoms. The first kappa shape index (κ1) is 14.7. The minimum absolute atomic E-state index is 0.0280. The average Bonchev–Trinajstić information content (AvgIpc) is 2.97.